The lowest BCUT2D eigenvalue weighted by Gasteiger charge is -1.98. The van der Waals surface area contributed by atoms with E-state index in [1.165, 1.54) is 0 Å². The van der Waals surface area contributed by atoms with Gasteiger partial charge in [-0.25, -0.2) is 4.79 Å². The topological polar surface area (TPSA) is 84.9 Å². The highest BCUT2D eigenvalue weighted by Crippen LogP contribution is 1.71. The second-order valence-electron chi connectivity index (χ2n) is 1.71. The second kappa shape index (κ2) is 10.6. The zero-order chi connectivity index (χ0) is 10.7. The van der Waals surface area contributed by atoms with E-state index in [2.05, 4.69) is 16.2 Å². The molecule has 0 rings (SSSR count). The summed E-state index contributed by atoms with van der Waals surface area (Å²) in [7, 11) is 3.25. The summed E-state index contributed by atoms with van der Waals surface area (Å²) in [6, 6.07) is 0. The van der Waals surface area contributed by atoms with Crippen molar-refractivity contribution in [2.45, 2.75) is 0 Å². The molecule has 0 aliphatic heterocycles. The van der Waals surface area contributed by atoms with Crippen LogP contribution in [0, 0.1) is 0 Å². The van der Waals surface area contributed by atoms with Crippen molar-refractivity contribution >= 4 is 11.9 Å². The van der Waals surface area contributed by atoms with Crippen LogP contribution in [0.2, 0.25) is 0 Å². The quantitative estimate of drug-likeness (QED) is 0.432. The van der Waals surface area contributed by atoms with Crippen molar-refractivity contribution in [1.29, 1.82) is 0 Å². The van der Waals surface area contributed by atoms with Crippen LogP contribution in [0.1, 0.15) is 0 Å². The van der Waals surface area contributed by atoms with Gasteiger partial charge in [0.05, 0.1) is 0 Å². The summed E-state index contributed by atoms with van der Waals surface area (Å²) < 4.78 is 4.25. The van der Waals surface area contributed by atoms with Crippen molar-refractivity contribution < 1.29 is 24.3 Å². The van der Waals surface area contributed by atoms with Crippen LogP contribution in [0.3, 0.4) is 0 Å². The largest absolute Gasteiger partial charge is 0.388 e. The third kappa shape index (κ3) is 13.6. The van der Waals surface area contributed by atoms with Crippen molar-refractivity contribution in [2.75, 3.05) is 20.8 Å². The van der Waals surface area contributed by atoms with Crippen LogP contribution in [0.4, 0.5) is 0 Å². The van der Waals surface area contributed by atoms with Gasteiger partial charge >= 0.3 is 5.97 Å². The van der Waals surface area contributed by atoms with Crippen LogP contribution in [-0.2, 0) is 19.2 Å². The number of nitrogens with one attached hydrogen (secondary N) is 1. The van der Waals surface area contributed by atoms with Crippen LogP contribution < -0.4 is 5.48 Å². The molecule has 1 amide bonds. The molecule has 0 saturated carbocycles. The van der Waals surface area contributed by atoms with E-state index in [9.17, 15) is 9.59 Å². The Morgan fingerprint density at radius 1 is 1.54 bits per heavy atom. The molecule has 6 heteroatoms. The number of carbonyl (C=O) groups excluding carboxylic acids is 2. The van der Waals surface area contributed by atoms with Gasteiger partial charge in [-0.1, -0.05) is 6.58 Å². The molecule has 0 radical (unpaired) electrons. The predicted octanol–water partition coefficient (Wildman–Crippen LogP) is -0.998. The molecule has 0 bridgehead atoms. The number of aliphatic hydroxyl groups excluding tert-OH is 1. The van der Waals surface area contributed by atoms with E-state index >= 15 is 0 Å². The van der Waals surface area contributed by atoms with Gasteiger partial charge in [0, 0.05) is 14.2 Å². The van der Waals surface area contributed by atoms with E-state index in [-0.39, 0.29) is 0 Å². The second-order valence-corrected chi connectivity index (χ2v) is 1.71. The van der Waals surface area contributed by atoms with Gasteiger partial charge < -0.3 is 14.7 Å². The predicted molar refractivity (Wildman–Crippen MR) is 44.5 cm³/mol. The maximum absolute atomic E-state index is 10.2. The summed E-state index contributed by atoms with van der Waals surface area (Å²) in [4.78, 5) is 24.3. The monoisotopic (exact) mass is 191 g/mol. The van der Waals surface area contributed by atoms with Crippen molar-refractivity contribution in [3.05, 3.63) is 12.7 Å². The highest BCUT2D eigenvalue weighted by molar-refractivity contribution is 5.87. The highest BCUT2D eigenvalue weighted by Gasteiger charge is 2.00. The lowest BCUT2D eigenvalue weighted by molar-refractivity contribution is -0.159. The minimum atomic E-state index is -0.921. The standard InChI is InChI=1S/C5H7NO4.C2H6O/c1-2-4(8)6-10-5(9)3-7;1-3-2/h2,7H,1,3H2,(H,6,8);1-2H3. The molecule has 0 unspecified atom stereocenters. The smallest absolute Gasteiger partial charge is 0.357 e. The van der Waals surface area contributed by atoms with Gasteiger partial charge in [-0.05, 0) is 6.08 Å². The number of rotatable bonds is 2. The van der Waals surface area contributed by atoms with E-state index in [0.717, 1.165) is 6.08 Å². The average molecular weight is 191 g/mol. The van der Waals surface area contributed by atoms with Crippen LogP contribution in [0.25, 0.3) is 0 Å². The van der Waals surface area contributed by atoms with Crippen molar-refractivity contribution in [2.24, 2.45) is 0 Å². The molecule has 0 aromatic carbocycles. The first-order valence-electron chi connectivity index (χ1n) is 3.25. The average Bonchev–Trinajstić information content (AvgIpc) is 2.14. The summed E-state index contributed by atoms with van der Waals surface area (Å²) in [5.74, 6) is -1.56. The van der Waals surface area contributed by atoms with Crippen LogP contribution in [0.15, 0.2) is 12.7 Å². The molecule has 2 N–H and O–H groups in total. The number of aliphatic hydroxyl groups is 1. The van der Waals surface area contributed by atoms with E-state index in [1.54, 1.807) is 19.7 Å². The Hall–Kier alpha value is -1.40. The lowest BCUT2D eigenvalue weighted by atomic mass is 10.6. The van der Waals surface area contributed by atoms with Gasteiger partial charge in [-0.3, -0.25) is 4.79 Å². The number of ether oxygens (including phenoxy) is 1. The van der Waals surface area contributed by atoms with Crippen LogP contribution in [-0.4, -0.2) is 37.8 Å². The van der Waals surface area contributed by atoms with E-state index in [1.807, 2.05) is 0 Å². The van der Waals surface area contributed by atoms with E-state index in [4.69, 9.17) is 5.11 Å². The number of carbonyl (C=O) groups is 2. The molecule has 0 aliphatic rings. The van der Waals surface area contributed by atoms with Crippen molar-refractivity contribution in [1.82, 2.24) is 5.48 Å². The Labute approximate surface area is 76.1 Å². The van der Waals surface area contributed by atoms with E-state index in [0.29, 0.717) is 0 Å². The number of amides is 1. The first-order chi connectivity index (χ1) is 6.12. The normalized spacial score (nSPS) is 7.62. The fourth-order valence-electron chi connectivity index (χ4n) is 0.181. The summed E-state index contributed by atoms with van der Waals surface area (Å²) in [5, 5.41) is 8.07. The molecule has 0 aromatic rings. The maximum Gasteiger partial charge on any atom is 0.357 e. The van der Waals surface area contributed by atoms with Gasteiger partial charge in [-0.15, -0.1) is 0 Å². The van der Waals surface area contributed by atoms with Crippen LogP contribution >= 0.6 is 0 Å². The Morgan fingerprint density at radius 2 is 2.00 bits per heavy atom. The fraction of sp³-hybridized carbons (Fsp3) is 0.429. The minimum absolute atomic E-state index is 0.637. The molecular weight excluding hydrogens is 178 g/mol. The molecule has 0 atom stereocenters. The van der Waals surface area contributed by atoms with Gasteiger partial charge in [-0.2, -0.15) is 5.48 Å². The SMILES string of the molecule is C=CC(=O)NOC(=O)CO.COC. The van der Waals surface area contributed by atoms with Gasteiger partial charge in [0.15, 0.2) is 0 Å². The number of methoxy groups -OCH3 is 1. The molecule has 0 fully saturated rings. The molecule has 0 spiro atoms. The minimum Gasteiger partial charge on any atom is -0.388 e. The molecule has 6 nitrogen and oxygen atoms in total. The third-order valence-electron chi connectivity index (χ3n) is 0.580. The van der Waals surface area contributed by atoms with Gasteiger partial charge in [0.2, 0.25) is 0 Å². The number of hydrogen-bond acceptors (Lipinski definition) is 5. The molecule has 0 aromatic heterocycles. The van der Waals surface area contributed by atoms with Gasteiger partial charge in [0.25, 0.3) is 5.91 Å². The Morgan fingerprint density at radius 3 is 2.31 bits per heavy atom. The molecule has 0 aliphatic carbocycles. The lowest BCUT2D eigenvalue weighted by Crippen LogP contribution is -2.26. The van der Waals surface area contributed by atoms with Crippen molar-refractivity contribution in [3.8, 4) is 0 Å². The third-order valence-corrected chi connectivity index (χ3v) is 0.580. The van der Waals surface area contributed by atoms with Crippen molar-refractivity contribution in [3.63, 3.8) is 0 Å². The zero-order valence-electron chi connectivity index (χ0n) is 7.57. The summed E-state index contributed by atoms with van der Waals surface area (Å²) >= 11 is 0. The number of hydroxylamine groups is 1. The molecule has 13 heavy (non-hydrogen) atoms. The summed E-state index contributed by atoms with van der Waals surface area (Å²) in [6.07, 6.45) is 0.935. The van der Waals surface area contributed by atoms with E-state index < -0.39 is 18.5 Å². The molecule has 0 saturated heterocycles. The Kier molecular flexibility index (Phi) is 11.5. The fourth-order valence-corrected chi connectivity index (χ4v) is 0.181. The van der Waals surface area contributed by atoms with Gasteiger partial charge in [0.1, 0.15) is 6.61 Å². The summed E-state index contributed by atoms with van der Waals surface area (Å²) in [6.45, 7) is 2.33. The highest BCUT2D eigenvalue weighted by atomic mass is 16.7. The zero-order valence-corrected chi connectivity index (χ0v) is 7.57. The van der Waals surface area contributed by atoms with Crippen LogP contribution in [0.5, 0.6) is 0 Å². The molecule has 76 valence electrons. The molecule has 0 heterocycles. The molecular formula is C7H13NO5. The number of hydrogen-bond donors (Lipinski definition) is 2. The Balaban J connectivity index is 0. The first-order valence-corrected chi connectivity index (χ1v) is 3.25. The summed E-state index contributed by atoms with van der Waals surface area (Å²) in [5.41, 5.74) is 1.72. The maximum atomic E-state index is 10.2. The first kappa shape index (κ1) is 14.1. The Bertz CT molecular complexity index is 168.